The van der Waals surface area contributed by atoms with Gasteiger partial charge in [-0.2, -0.15) is 0 Å². The quantitative estimate of drug-likeness (QED) is 0.350. The van der Waals surface area contributed by atoms with Gasteiger partial charge in [-0.05, 0) is 12.1 Å². The molecule has 0 atom stereocenters. The monoisotopic (exact) mass is 240 g/mol. The maximum Gasteiger partial charge on any atom is 0.346 e. The number of esters is 2. The number of alkyl halides is 1. The highest BCUT2D eigenvalue weighted by atomic mass is 35.5. The summed E-state index contributed by atoms with van der Waals surface area (Å²) in [6.45, 7) is 3.26. The van der Waals surface area contributed by atoms with Crippen molar-refractivity contribution in [1.82, 2.24) is 0 Å². The highest BCUT2D eigenvalue weighted by molar-refractivity contribution is 6.26. The SMILES string of the molecule is C=COC(=O)c1ccccc1OC(=O)CCl. The Kier molecular flexibility index (Phi) is 4.54. The van der Waals surface area contributed by atoms with Gasteiger partial charge in [-0.1, -0.05) is 18.7 Å². The van der Waals surface area contributed by atoms with Crippen LogP contribution in [0.15, 0.2) is 37.1 Å². The van der Waals surface area contributed by atoms with Crippen molar-refractivity contribution in [2.24, 2.45) is 0 Å². The van der Waals surface area contributed by atoms with Crippen molar-refractivity contribution in [2.45, 2.75) is 0 Å². The van der Waals surface area contributed by atoms with Crippen LogP contribution in [0.1, 0.15) is 10.4 Å². The fourth-order valence-electron chi connectivity index (χ4n) is 1.01. The molecule has 0 N–H and O–H groups in total. The molecule has 0 spiro atoms. The lowest BCUT2D eigenvalue weighted by atomic mass is 10.2. The number of hydrogen-bond donors (Lipinski definition) is 0. The zero-order chi connectivity index (χ0) is 12.0. The largest absolute Gasteiger partial charge is 0.431 e. The number of carbonyl (C=O) groups is 2. The van der Waals surface area contributed by atoms with E-state index in [1.807, 2.05) is 0 Å². The summed E-state index contributed by atoms with van der Waals surface area (Å²) in [5.41, 5.74) is 0.140. The third-order valence-electron chi connectivity index (χ3n) is 1.63. The fraction of sp³-hybridized carbons (Fsp3) is 0.0909. The van der Waals surface area contributed by atoms with Crippen LogP contribution in [0.2, 0.25) is 0 Å². The van der Waals surface area contributed by atoms with Crippen LogP contribution in [-0.4, -0.2) is 17.8 Å². The number of hydrogen-bond acceptors (Lipinski definition) is 4. The summed E-state index contributed by atoms with van der Waals surface area (Å²) in [7, 11) is 0. The van der Waals surface area contributed by atoms with Crippen LogP contribution in [0, 0.1) is 0 Å². The minimum atomic E-state index is -0.645. The van der Waals surface area contributed by atoms with Gasteiger partial charge >= 0.3 is 11.9 Å². The molecule has 84 valence electrons. The maximum atomic E-state index is 11.4. The van der Waals surface area contributed by atoms with Gasteiger partial charge in [-0.15, -0.1) is 11.6 Å². The van der Waals surface area contributed by atoms with Crippen LogP contribution in [0.4, 0.5) is 0 Å². The Bertz CT molecular complexity index is 414. The zero-order valence-corrected chi connectivity index (χ0v) is 9.07. The number of para-hydroxylation sites is 1. The van der Waals surface area contributed by atoms with Gasteiger partial charge in [0.05, 0.1) is 6.26 Å². The summed E-state index contributed by atoms with van der Waals surface area (Å²) in [4.78, 5) is 22.4. The first-order valence-electron chi connectivity index (χ1n) is 4.36. The van der Waals surface area contributed by atoms with Crippen LogP contribution < -0.4 is 4.74 Å². The van der Waals surface area contributed by atoms with Gasteiger partial charge in [0.1, 0.15) is 17.2 Å². The van der Waals surface area contributed by atoms with Gasteiger partial charge in [-0.3, -0.25) is 4.79 Å². The summed E-state index contributed by atoms with van der Waals surface area (Å²) < 4.78 is 9.44. The average molecular weight is 241 g/mol. The van der Waals surface area contributed by atoms with Crippen molar-refractivity contribution in [3.05, 3.63) is 42.7 Å². The van der Waals surface area contributed by atoms with E-state index in [9.17, 15) is 9.59 Å². The third-order valence-corrected chi connectivity index (χ3v) is 1.85. The van der Waals surface area contributed by atoms with Crippen molar-refractivity contribution in [3.8, 4) is 5.75 Å². The van der Waals surface area contributed by atoms with Crippen LogP contribution in [-0.2, 0) is 9.53 Å². The lowest BCUT2D eigenvalue weighted by Crippen LogP contribution is -2.12. The molecule has 0 aliphatic heterocycles. The second-order valence-electron chi connectivity index (χ2n) is 2.68. The van der Waals surface area contributed by atoms with Crippen LogP contribution >= 0.6 is 11.6 Å². The molecule has 1 aromatic carbocycles. The van der Waals surface area contributed by atoms with Crippen molar-refractivity contribution < 1.29 is 19.1 Å². The molecule has 1 rings (SSSR count). The number of ether oxygens (including phenoxy) is 2. The predicted molar refractivity (Wildman–Crippen MR) is 58.4 cm³/mol. The second kappa shape index (κ2) is 5.92. The molecule has 5 heteroatoms. The molecule has 0 fully saturated rings. The first kappa shape index (κ1) is 12.3. The first-order valence-corrected chi connectivity index (χ1v) is 4.90. The summed E-state index contributed by atoms with van der Waals surface area (Å²) in [6, 6.07) is 6.20. The van der Waals surface area contributed by atoms with Crippen molar-refractivity contribution in [2.75, 3.05) is 5.88 Å². The highest BCUT2D eigenvalue weighted by Gasteiger charge is 2.14. The van der Waals surface area contributed by atoms with E-state index in [-0.39, 0.29) is 17.2 Å². The summed E-state index contributed by atoms with van der Waals surface area (Å²) in [6.07, 6.45) is 1.00. The van der Waals surface area contributed by atoms with E-state index in [1.165, 1.54) is 12.1 Å². The van der Waals surface area contributed by atoms with Gasteiger partial charge in [-0.25, -0.2) is 4.79 Å². The summed E-state index contributed by atoms with van der Waals surface area (Å²) >= 11 is 5.29. The molecule has 0 aliphatic carbocycles. The second-order valence-corrected chi connectivity index (χ2v) is 2.94. The highest BCUT2D eigenvalue weighted by Crippen LogP contribution is 2.19. The van der Waals surface area contributed by atoms with E-state index >= 15 is 0 Å². The molecule has 0 bridgehead atoms. The Hall–Kier alpha value is -1.81. The summed E-state index contributed by atoms with van der Waals surface area (Å²) in [5, 5.41) is 0. The summed E-state index contributed by atoms with van der Waals surface area (Å²) in [5.74, 6) is -1.46. The molecule has 0 saturated carbocycles. The molecule has 0 heterocycles. The standard InChI is InChI=1S/C11H9ClO4/c1-2-15-11(14)8-5-3-4-6-9(8)16-10(13)7-12/h2-6H,1,7H2. The van der Waals surface area contributed by atoms with Crippen molar-refractivity contribution in [3.63, 3.8) is 0 Å². The van der Waals surface area contributed by atoms with E-state index < -0.39 is 11.9 Å². The first-order chi connectivity index (χ1) is 7.69. The minimum Gasteiger partial charge on any atom is -0.431 e. The molecule has 1 aromatic rings. The third kappa shape index (κ3) is 3.10. The van der Waals surface area contributed by atoms with Crippen LogP contribution in [0.25, 0.3) is 0 Å². The molecule has 16 heavy (non-hydrogen) atoms. The van der Waals surface area contributed by atoms with Crippen LogP contribution in [0.5, 0.6) is 5.75 Å². The van der Waals surface area contributed by atoms with Crippen molar-refractivity contribution >= 4 is 23.5 Å². The molecule has 0 amide bonds. The van der Waals surface area contributed by atoms with Gasteiger partial charge in [0.15, 0.2) is 0 Å². The molecular formula is C11H9ClO4. The van der Waals surface area contributed by atoms with E-state index in [1.54, 1.807) is 12.1 Å². The Morgan fingerprint density at radius 3 is 2.69 bits per heavy atom. The lowest BCUT2D eigenvalue weighted by molar-refractivity contribution is -0.131. The molecule has 0 aromatic heterocycles. The zero-order valence-electron chi connectivity index (χ0n) is 8.31. The van der Waals surface area contributed by atoms with E-state index in [2.05, 4.69) is 11.3 Å². The molecule has 4 nitrogen and oxygen atoms in total. The Morgan fingerprint density at radius 1 is 1.38 bits per heavy atom. The number of carbonyl (C=O) groups excluding carboxylic acids is 2. The van der Waals surface area contributed by atoms with E-state index in [0.29, 0.717) is 0 Å². The predicted octanol–water partition coefficient (Wildman–Crippen LogP) is 2.13. The van der Waals surface area contributed by atoms with Crippen molar-refractivity contribution in [1.29, 1.82) is 0 Å². The lowest BCUT2D eigenvalue weighted by Gasteiger charge is -2.06. The number of rotatable bonds is 4. The minimum absolute atomic E-state index is 0.111. The normalized spacial score (nSPS) is 9.31. The van der Waals surface area contributed by atoms with Crippen LogP contribution in [0.3, 0.4) is 0 Å². The van der Waals surface area contributed by atoms with E-state index in [0.717, 1.165) is 6.26 Å². The average Bonchev–Trinajstić information content (AvgIpc) is 2.30. The van der Waals surface area contributed by atoms with Gasteiger partial charge < -0.3 is 9.47 Å². The molecule has 0 unspecified atom stereocenters. The smallest absolute Gasteiger partial charge is 0.346 e. The van der Waals surface area contributed by atoms with Gasteiger partial charge in [0.25, 0.3) is 0 Å². The van der Waals surface area contributed by atoms with E-state index in [4.69, 9.17) is 16.3 Å². The molecule has 0 radical (unpaired) electrons. The Morgan fingerprint density at radius 2 is 2.06 bits per heavy atom. The van der Waals surface area contributed by atoms with Gasteiger partial charge in [0, 0.05) is 0 Å². The number of halogens is 1. The molecule has 0 aliphatic rings. The number of benzene rings is 1. The fourth-order valence-corrected chi connectivity index (χ4v) is 1.07. The Labute approximate surface area is 97.4 Å². The topological polar surface area (TPSA) is 52.6 Å². The Balaban J connectivity index is 2.95. The van der Waals surface area contributed by atoms with Gasteiger partial charge in [0.2, 0.25) is 0 Å². The maximum absolute atomic E-state index is 11.4. The molecule has 0 saturated heterocycles. The molecular weight excluding hydrogens is 232 g/mol.